The van der Waals surface area contributed by atoms with Crippen LogP contribution < -0.4 is 0 Å². The van der Waals surface area contributed by atoms with Gasteiger partial charge in [0.05, 0.1) is 24.0 Å². The van der Waals surface area contributed by atoms with E-state index in [1.54, 1.807) is 4.31 Å². The van der Waals surface area contributed by atoms with E-state index in [0.717, 1.165) is 25.8 Å². The van der Waals surface area contributed by atoms with Gasteiger partial charge in [-0.1, -0.05) is 0 Å². The van der Waals surface area contributed by atoms with Gasteiger partial charge in [-0.2, -0.15) is 0 Å². The van der Waals surface area contributed by atoms with Crippen LogP contribution in [0.3, 0.4) is 0 Å². The van der Waals surface area contributed by atoms with Gasteiger partial charge >= 0.3 is 0 Å². The summed E-state index contributed by atoms with van der Waals surface area (Å²) in [5.74, 6) is -0.111. The largest absolute Gasteiger partial charge is 0.305 e. The minimum atomic E-state index is -3.21. The second kappa shape index (κ2) is 8.41. The molecule has 144 valence electrons. The molecule has 0 aromatic carbocycles. The Labute approximate surface area is 145 Å². The van der Waals surface area contributed by atoms with Gasteiger partial charge in [0.2, 0.25) is 20.0 Å². The highest BCUT2D eigenvalue weighted by Crippen LogP contribution is 2.07. The summed E-state index contributed by atoms with van der Waals surface area (Å²) in [6.45, 7) is 3.33. The van der Waals surface area contributed by atoms with Gasteiger partial charge in [0, 0.05) is 32.7 Å². The van der Waals surface area contributed by atoms with Crippen LogP contribution in [-0.4, -0.2) is 109 Å². The Morgan fingerprint density at radius 2 is 1.17 bits per heavy atom. The van der Waals surface area contributed by atoms with Crippen molar-refractivity contribution >= 4 is 29.9 Å². The van der Waals surface area contributed by atoms with Crippen molar-refractivity contribution in [2.45, 2.75) is 6.42 Å². The lowest BCUT2D eigenvalue weighted by atomic mass is 10.4. The fourth-order valence-electron chi connectivity index (χ4n) is 2.38. The summed E-state index contributed by atoms with van der Waals surface area (Å²) in [6.07, 6.45) is 3.30. The molecular weight excluding hydrogens is 378 g/mol. The number of hydrogen-bond acceptors (Lipinski definition) is 7. The van der Waals surface area contributed by atoms with Crippen molar-refractivity contribution in [2.24, 2.45) is 0 Å². The molecule has 0 unspecified atom stereocenters. The molecular formula is C12H27N3O6S3. The van der Waals surface area contributed by atoms with Crippen molar-refractivity contribution in [3.8, 4) is 0 Å². The summed E-state index contributed by atoms with van der Waals surface area (Å²) in [5.41, 5.74) is 0. The molecule has 12 heteroatoms. The summed E-state index contributed by atoms with van der Waals surface area (Å²) in [6, 6.07) is 0. The Balaban J connectivity index is 0.000000240. The fraction of sp³-hybridized carbons (Fsp3) is 1.00. The van der Waals surface area contributed by atoms with Crippen molar-refractivity contribution in [1.82, 2.24) is 13.5 Å². The van der Waals surface area contributed by atoms with Crippen LogP contribution in [0.15, 0.2) is 0 Å². The third-order valence-corrected chi connectivity index (χ3v) is 8.14. The molecule has 2 aliphatic rings. The zero-order valence-electron chi connectivity index (χ0n) is 14.4. The lowest BCUT2D eigenvalue weighted by Gasteiger charge is -2.23. The van der Waals surface area contributed by atoms with E-state index in [9.17, 15) is 25.3 Å². The van der Waals surface area contributed by atoms with Crippen LogP contribution >= 0.6 is 0 Å². The fourth-order valence-corrected chi connectivity index (χ4v) is 5.53. The van der Waals surface area contributed by atoms with Crippen LogP contribution in [0.4, 0.5) is 0 Å². The normalized spacial score (nSPS) is 24.6. The average Bonchev–Trinajstić information content (AvgIpc) is 2.62. The predicted molar refractivity (Wildman–Crippen MR) is 93.6 cm³/mol. The minimum absolute atomic E-state index is 0.0555. The first-order valence-corrected chi connectivity index (χ1v) is 13.1. The van der Waals surface area contributed by atoms with Gasteiger partial charge in [-0.25, -0.2) is 33.9 Å². The van der Waals surface area contributed by atoms with Gasteiger partial charge in [0.15, 0.2) is 9.84 Å². The van der Waals surface area contributed by atoms with E-state index < -0.39 is 29.9 Å². The standard InChI is InChI=1S/C7H16N2O2S.C5H11NO4S2/c1-8-4-3-5-9(7-6-8)12(2,10)11;1-11(7,8)6-2-4-12(9,10)5-3-6/h3-7H2,1-2H3;2-5H2,1H3. The maximum Gasteiger partial charge on any atom is 0.211 e. The highest BCUT2D eigenvalue weighted by Gasteiger charge is 2.26. The van der Waals surface area contributed by atoms with E-state index in [1.165, 1.54) is 10.6 Å². The molecule has 2 rings (SSSR count). The molecule has 0 aromatic rings. The first-order chi connectivity index (χ1) is 10.8. The molecule has 0 amide bonds. The van der Waals surface area contributed by atoms with E-state index >= 15 is 0 Å². The monoisotopic (exact) mass is 405 g/mol. The predicted octanol–water partition coefficient (Wildman–Crippen LogP) is -1.74. The number of nitrogens with zero attached hydrogens (tertiary/aromatic N) is 3. The molecule has 0 spiro atoms. The van der Waals surface area contributed by atoms with Crippen LogP contribution in [0.2, 0.25) is 0 Å². The van der Waals surface area contributed by atoms with Crippen molar-refractivity contribution in [3.05, 3.63) is 0 Å². The van der Waals surface area contributed by atoms with E-state index in [0.29, 0.717) is 13.1 Å². The molecule has 0 bridgehead atoms. The number of rotatable bonds is 2. The Morgan fingerprint density at radius 1 is 0.708 bits per heavy atom. The Kier molecular flexibility index (Phi) is 7.63. The molecule has 0 aliphatic carbocycles. The molecule has 24 heavy (non-hydrogen) atoms. The van der Waals surface area contributed by atoms with Gasteiger partial charge in [0.25, 0.3) is 0 Å². The van der Waals surface area contributed by atoms with Crippen molar-refractivity contribution in [1.29, 1.82) is 0 Å². The summed E-state index contributed by atoms with van der Waals surface area (Å²) in [7, 11) is -7.14. The molecule has 2 heterocycles. The van der Waals surface area contributed by atoms with Crippen LogP contribution in [0.5, 0.6) is 0 Å². The number of sulfone groups is 1. The highest BCUT2D eigenvalue weighted by molar-refractivity contribution is 7.92. The second-order valence-electron chi connectivity index (χ2n) is 6.13. The first kappa shape index (κ1) is 21.8. The summed E-state index contributed by atoms with van der Waals surface area (Å²) in [5, 5.41) is 0. The van der Waals surface area contributed by atoms with Crippen molar-refractivity contribution < 1.29 is 25.3 Å². The van der Waals surface area contributed by atoms with Gasteiger partial charge < -0.3 is 4.90 Å². The summed E-state index contributed by atoms with van der Waals surface area (Å²) < 4.78 is 68.7. The lowest BCUT2D eigenvalue weighted by Crippen LogP contribution is -2.43. The molecule has 9 nitrogen and oxygen atoms in total. The highest BCUT2D eigenvalue weighted by atomic mass is 32.2. The van der Waals surface area contributed by atoms with Crippen molar-refractivity contribution in [3.63, 3.8) is 0 Å². The zero-order valence-corrected chi connectivity index (χ0v) is 16.8. The van der Waals surface area contributed by atoms with Crippen LogP contribution in [-0.2, 0) is 29.9 Å². The van der Waals surface area contributed by atoms with E-state index in [2.05, 4.69) is 4.90 Å². The van der Waals surface area contributed by atoms with Gasteiger partial charge in [-0.05, 0) is 20.0 Å². The zero-order chi connectivity index (χ0) is 18.6. The van der Waals surface area contributed by atoms with Gasteiger partial charge in [0.1, 0.15) is 0 Å². The number of likely N-dealkylation sites (N-methyl/N-ethyl adjacent to an activating group) is 1. The maximum atomic E-state index is 11.2. The van der Waals surface area contributed by atoms with E-state index in [4.69, 9.17) is 0 Å². The van der Waals surface area contributed by atoms with Crippen LogP contribution in [0.25, 0.3) is 0 Å². The van der Waals surface area contributed by atoms with Crippen LogP contribution in [0.1, 0.15) is 6.42 Å². The van der Waals surface area contributed by atoms with Gasteiger partial charge in [-0.3, -0.25) is 0 Å². The van der Waals surface area contributed by atoms with Gasteiger partial charge in [-0.15, -0.1) is 0 Å². The average molecular weight is 406 g/mol. The SMILES string of the molecule is CN1CCCN(S(C)(=O)=O)CC1.CS(=O)(=O)N1CCS(=O)(=O)CC1. The third-order valence-electron chi connectivity index (χ3n) is 3.92. The minimum Gasteiger partial charge on any atom is -0.305 e. The summed E-state index contributed by atoms with van der Waals surface area (Å²) >= 11 is 0. The first-order valence-electron chi connectivity index (χ1n) is 7.60. The molecule has 2 saturated heterocycles. The molecule has 0 saturated carbocycles. The Morgan fingerprint density at radius 3 is 1.62 bits per heavy atom. The Hall–Kier alpha value is -0.270. The third kappa shape index (κ3) is 7.74. The number of sulfonamides is 2. The van der Waals surface area contributed by atoms with E-state index in [1.807, 2.05) is 7.05 Å². The van der Waals surface area contributed by atoms with Crippen molar-refractivity contribution in [2.75, 3.05) is 70.3 Å². The quantitative estimate of drug-likeness (QED) is 0.536. The molecule has 0 N–H and O–H groups in total. The topological polar surface area (TPSA) is 112 Å². The van der Waals surface area contributed by atoms with Crippen LogP contribution in [0, 0.1) is 0 Å². The lowest BCUT2D eigenvalue weighted by molar-refractivity contribution is 0.347. The Bertz CT molecular complexity index is 703. The summed E-state index contributed by atoms with van der Waals surface area (Å²) in [4.78, 5) is 2.16. The molecule has 2 aliphatic heterocycles. The molecule has 0 atom stereocenters. The van der Waals surface area contributed by atoms with E-state index in [-0.39, 0.29) is 24.6 Å². The second-order valence-corrected chi connectivity index (χ2v) is 12.4. The smallest absolute Gasteiger partial charge is 0.211 e. The molecule has 2 fully saturated rings. The molecule has 0 aromatic heterocycles. The molecule has 0 radical (unpaired) electrons. The maximum absolute atomic E-state index is 11.2. The number of hydrogen-bond donors (Lipinski definition) is 0.